The monoisotopic (exact) mass is 1100 g/mol. The lowest BCUT2D eigenvalue weighted by molar-refractivity contribution is -0.152. The highest BCUT2D eigenvalue weighted by atomic mass is 16.6. The standard InChI is InChI=1S/C59H68O20/c1-6-49(60)72-32-34-74-53(64)26-24-51(62)70-30-28-40-8-20-46(21-9-40)76-56(66)42-12-16-44(17-13-42)58(68)78-48-36-37(3)55(39(5)38(48)4)79-59(69)45-18-14-43(15-19-45)57(67)77-47-22-10-41(11-23-47)29-31-71-52(63)25-27-54(65)75-35-33-73-50(61)7-2/h6-11,20-23,36,42-45H,1-2,12-19,24-35H2,3-5H3. The molecule has 0 aromatic heterocycles. The lowest BCUT2D eigenvalue weighted by Gasteiger charge is -2.27. The summed E-state index contributed by atoms with van der Waals surface area (Å²) in [6, 6.07) is 15.3. The molecule has 0 bridgehead atoms. The highest BCUT2D eigenvalue weighted by Crippen LogP contribution is 2.38. The summed E-state index contributed by atoms with van der Waals surface area (Å²) in [7, 11) is 0. The van der Waals surface area contributed by atoms with E-state index in [-0.39, 0.29) is 65.3 Å². The van der Waals surface area contributed by atoms with Crippen LogP contribution in [-0.4, -0.2) is 99.3 Å². The van der Waals surface area contributed by atoms with E-state index >= 15 is 0 Å². The van der Waals surface area contributed by atoms with Crippen LogP contribution in [0.4, 0.5) is 0 Å². The van der Waals surface area contributed by atoms with Crippen LogP contribution in [0.2, 0.25) is 0 Å². The van der Waals surface area contributed by atoms with Gasteiger partial charge in [-0.15, -0.1) is 0 Å². The Bertz CT molecular complexity index is 2650. The van der Waals surface area contributed by atoms with Gasteiger partial charge in [0, 0.05) is 25.0 Å². The highest BCUT2D eigenvalue weighted by Gasteiger charge is 2.35. The largest absolute Gasteiger partial charge is 0.465 e. The maximum absolute atomic E-state index is 13.5. The summed E-state index contributed by atoms with van der Waals surface area (Å²) < 4.78 is 52.8. The van der Waals surface area contributed by atoms with E-state index in [4.69, 9.17) is 47.4 Å². The highest BCUT2D eigenvalue weighted by molar-refractivity contribution is 5.83. The van der Waals surface area contributed by atoms with Crippen molar-refractivity contribution < 1.29 is 95.3 Å². The van der Waals surface area contributed by atoms with E-state index in [1.165, 1.54) is 0 Å². The van der Waals surface area contributed by atoms with Gasteiger partial charge in [-0.25, -0.2) is 9.59 Å². The molecule has 79 heavy (non-hydrogen) atoms. The molecule has 20 nitrogen and oxygen atoms in total. The first kappa shape index (κ1) is 61.7. The van der Waals surface area contributed by atoms with Crippen molar-refractivity contribution in [3.8, 4) is 23.0 Å². The first-order valence-corrected chi connectivity index (χ1v) is 26.3. The van der Waals surface area contributed by atoms with Crippen molar-refractivity contribution in [1.29, 1.82) is 0 Å². The van der Waals surface area contributed by atoms with Gasteiger partial charge in [0.1, 0.15) is 49.4 Å². The number of rotatable bonds is 28. The van der Waals surface area contributed by atoms with Crippen LogP contribution in [0.5, 0.6) is 23.0 Å². The summed E-state index contributed by atoms with van der Waals surface area (Å²) in [5, 5.41) is 0. The maximum Gasteiger partial charge on any atom is 0.330 e. The lowest BCUT2D eigenvalue weighted by Crippen LogP contribution is -2.31. The molecule has 0 heterocycles. The Morgan fingerprint density at radius 2 is 0.734 bits per heavy atom. The van der Waals surface area contributed by atoms with E-state index in [1.807, 2.05) is 0 Å². The molecule has 0 unspecified atom stereocenters. The Balaban J connectivity index is 0.953. The summed E-state index contributed by atoms with van der Waals surface area (Å²) in [6.07, 6.45) is 5.54. The summed E-state index contributed by atoms with van der Waals surface area (Å²) >= 11 is 0. The van der Waals surface area contributed by atoms with Crippen molar-refractivity contribution >= 4 is 59.7 Å². The summed E-state index contributed by atoms with van der Waals surface area (Å²) in [4.78, 5) is 123. The lowest BCUT2D eigenvalue weighted by atomic mass is 9.82. The van der Waals surface area contributed by atoms with Gasteiger partial charge in [-0.05, 0) is 130 Å². The Morgan fingerprint density at radius 1 is 0.418 bits per heavy atom. The molecule has 0 amide bonds. The predicted octanol–water partition coefficient (Wildman–Crippen LogP) is 7.52. The smallest absolute Gasteiger partial charge is 0.330 e. The van der Waals surface area contributed by atoms with Gasteiger partial charge in [0.05, 0.1) is 62.6 Å². The molecule has 0 N–H and O–H groups in total. The quantitative estimate of drug-likeness (QED) is 0.0224. The molecule has 5 rings (SSSR count). The number of carbonyl (C=O) groups excluding carboxylic acids is 10. The molecule has 0 aliphatic heterocycles. The van der Waals surface area contributed by atoms with Crippen LogP contribution in [0.15, 0.2) is 79.9 Å². The van der Waals surface area contributed by atoms with Crippen molar-refractivity contribution in [1.82, 2.24) is 0 Å². The van der Waals surface area contributed by atoms with E-state index in [0.717, 1.165) is 23.3 Å². The van der Waals surface area contributed by atoms with Gasteiger partial charge < -0.3 is 47.4 Å². The summed E-state index contributed by atoms with van der Waals surface area (Å²) in [5.74, 6) is -5.47. The molecule has 2 aliphatic carbocycles. The van der Waals surface area contributed by atoms with Gasteiger partial charge in [0.2, 0.25) is 0 Å². The fourth-order valence-electron chi connectivity index (χ4n) is 8.61. The maximum atomic E-state index is 13.5. The third-order valence-corrected chi connectivity index (χ3v) is 13.4. The number of esters is 10. The van der Waals surface area contributed by atoms with Gasteiger partial charge in [-0.2, -0.15) is 0 Å². The van der Waals surface area contributed by atoms with Crippen molar-refractivity contribution in [2.45, 2.75) is 111 Å². The third kappa shape index (κ3) is 21.0. The van der Waals surface area contributed by atoms with Crippen molar-refractivity contribution in [3.05, 3.63) is 108 Å². The van der Waals surface area contributed by atoms with Gasteiger partial charge in [-0.3, -0.25) is 38.4 Å². The number of benzene rings is 3. The summed E-state index contributed by atoms with van der Waals surface area (Å²) in [5.41, 5.74) is 3.57. The van der Waals surface area contributed by atoms with Gasteiger partial charge in [0.15, 0.2) is 0 Å². The zero-order chi connectivity index (χ0) is 57.3. The van der Waals surface area contributed by atoms with Crippen molar-refractivity contribution in [3.63, 3.8) is 0 Å². The van der Waals surface area contributed by atoms with E-state index in [2.05, 4.69) is 13.2 Å². The molecule has 0 atom stereocenters. The second-order valence-electron chi connectivity index (χ2n) is 19.0. The predicted molar refractivity (Wildman–Crippen MR) is 279 cm³/mol. The topological polar surface area (TPSA) is 263 Å². The van der Waals surface area contributed by atoms with Crippen LogP contribution in [0, 0.1) is 44.4 Å². The normalized spacial score (nSPS) is 16.6. The molecular formula is C59H68O20. The zero-order valence-electron chi connectivity index (χ0n) is 44.9. The first-order valence-electron chi connectivity index (χ1n) is 26.3. The first-order chi connectivity index (χ1) is 37.9. The third-order valence-electron chi connectivity index (χ3n) is 13.4. The van der Waals surface area contributed by atoms with Crippen LogP contribution < -0.4 is 18.9 Å². The van der Waals surface area contributed by atoms with Crippen LogP contribution in [0.25, 0.3) is 0 Å². The number of carbonyl (C=O) groups is 10. The average Bonchev–Trinajstić information content (AvgIpc) is 3.45. The van der Waals surface area contributed by atoms with E-state index < -0.39 is 83.4 Å². The second-order valence-corrected chi connectivity index (χ2v) is 19.0. The minimum absolute atomic E-state index is 0.0762. The van der Waals surface area contributed by atoms with Crippen LogP contribution in [0.3, 0.4) is 0 Å². The number of ether oxygens (including phenoxy) is 10. The fourth-order valence-corrected chi connectivity index (χ4v) is 8.61. The van der Waals surface area contributed by atoms with Crippen molar-refractivity contribution in [2.75, 3.05) is 39.6 Å². The number of hydrogen-bond donors (Lipinski definition) is 0. The molecule has 2 saturated carbocycles. The molecule has 3 aromatic carbocycles. The Morgan fingerprint density at radius 3 is 1.09 bits per heavy atom. The number of hydrogen-bond acceptors (Lipinski definition) is 20. The van der Waals surface area contributed by atoms with E-state index in [1.54, 1.807) is 75.4 Å². The van der Waals surface area contributed by atoms with Gasteiger partial charge >= 0.3 is 59.7 Å². The van der Waals surface area contributed by atoms with Crippen LogP contribution >= 0.6 is 0 Å². The SMILES string of the molecule is C=CC(=O)OCCOC(=O)CCC(=O)OCCc1ccc(OC(=O)C2CCC(C(=O)Oc3cc(C)c(OC(=O)C4CCC(C(=O)Oc5ccc(CCOC(=O)CCC(=O)OCCOC(=O)C=C)cc5)CC4)c(C)c3C)CC2)cc1. The minimum atomic E-state index is -0.634. The number of aryl methyl sites for hydroxylation is 1. The molecule has 3 aromatic rings. The zero-order valence-corrected chi connectivity index (χ0v) is 44.9. The molecular weight excluding hydrogens is 1030 g/mol. The van der Waals surface area contributed by atoms with Gasteiger partial charge in [-0.1, -0.05) is 37.4 Å². The fraction of sp³-hybridized carbons (Fsp3) is 0.458. The molecule has 0 saturated heterocycles. The van der Waals surface area contributed by atoms with E-state index in [9.17, 15) is 47.9 Å². The second kappa shape index (κ2) is 31.9. The minimum Gasteiger partial charge on any atom is -0.465 e. The Kier molecular flexibility index (Phi) is 24.9. The van der Waals surface area contributed by atoms with Crippen molar-refractivity contribution in [2.24, 2.45) is 23.7 Å². The van der Waals surface area contributed by atoms with Gasteiger partial charge in [0.25, 0.3) is 0 Å². The molecule has 0 spiro atoms. The van der Waals surface area contributed by atoms with Crippen LogP contribution in [-0.2, 0) is 89.2 Å². The average molecular weight is 1100 g/mol. The molecule has 20 heteroatoms. The molecule has 2 fully saturated rings. The molecule has 0 radical (unpaired) electrons. The summed E-state index contributed by atoms with van der Waals surface area (Å²) in [6.45, 7) is 11.5. The Hall–Kier alpha value is -8.16. The molecule has 424 valence electrons. The van der Waals surface area contributed by atoms with Crippen LogP contribution in [0.1, 0.15) is 105 Å². The Labute approximate surface area is 458 Å². The molecule has 2 aliphatic rings. The van der Waals surface area contributed by atoms with E-state index in [0.29, 0.717) is 104 Å².